The van der Waals surface area contributed by atoms with Gasteiger partial charge in [-0.05, 0) is 18.2 Å². The van der Waals surface area contributed by atoms with Gasteiger partial charge in [-0.3, -0.25) is 0 Å². The molecule has 0 aliphatic rings. The molecular formula is C12H12N2O3. The molecule has 0 unspecified atom stereocenters. The van der Waals surface area contributed by atoms with Gasteiger partial charge in [-0.2, -0.15) is 5.10 Å². The molecule has 0 saturated heterocycles. The molecule has 17 heavy (non-hydrogen) atoms. The van der Waals surface area contributed by atoms with E-state index in [2.05, 4.69) is 5.10 Å². The Morgan fingerprint density at radius 2 is 2.06 bits per heavy atom. The van der Waals surface area contributed by atoms with Crippen LogP contribution >= 0.6 is 0 Å². The molecule has 0 spiro atoms. The summed E-state index contributed by atoms with van der Waals surface area (Å²) in [6.45, 7) is -0.107. The van der Waals surface area contributed by atoms with Crippen LogP contribution < -0.4 is 0 Å². The van der Waals surface area contributed by atoms with E-state index in [9.17, 15) is 4.79 Å². The highest BCUT2D eigenvalue weighted by atomic mass is 16.5. The maximum Gasteiger partial charge on any atom is 0.329 e. The molecule has 2 aromatic rings. The molecule has 0 bridgehead atoms. The van der Waals surface area contributed by atoms with Crippen LogP contribution in [0.3, 0.4) is 0 Å². The average Bonchev–Trinajstić information content (AvgIpc) is 2.78. The van der Waals surface area contributed by atoms with Gasteiger partial charge >= 0.3 is 5.97 Å². The molecule has 0 fully saturated rings. The van der Waals surface area contributed by atoms with Crippen LogP contribution in [0, 0.1) is 0 Å². The van der Waals surface area contributed by atoms with Gasteiger partial charge in [0.2, 0.25) is 0 Å². The lowest BCUT2D eigenvalue weighted by atomic mass is 10.3. The largest absolute Gasteiger partial charge is 0.480 e. The summed E-state index contributed by atoms with van der Waals surface area (Å²) in [6.07, 6.45) is 1.81. The predicted octanol–water partition coefficient (Wildman–Crippen LogP) is 1.47. The molecule has 1 aromatic heterocycles. The number of para-hydroxylation sites is 1. The predicted molar refractivity (Wildman–Crippen MR) is 60.9 cm³/mol. The summed E-state index contributed by atoms with van der Waals surface area (Å²) in [4.78, 5) is 10.3. The number of carboxylic acids is 1. The van der Waals surface area contributed by atoms with Crippen molar-refractivity contribution < 1.29 is 14.6 Å². The standard InChI is InChI=1S/C12H12N2O3/c15-12(16)9-17-8-10-6-7-14(13-10)11-4-2-1-3-5-11/h1-7H,8-9H2,(H,15,16). The van der Waals surface area contributed by atoms with Crippen molar-refractivity contribution in [1.29, 1.82) is 0 Å². The first kappa shape index (κ1) is 11.3. The molecule has 0 radical (unpaired) electrons. The van der Waals surface area contributed by atoms with E-state index in [0.29, 0.717) is 5.69 Å². The number of ether oxygens (including phenoxy) is 1. The van der Waals surface area contributed by atoms with Crippen LogP contribution in [0.25, 0.3) is 5.69 Å². The Balaban J connectivity index is 1.99. The van der Waals surface area contributed by atoms with E-state index in [4.69, 9.17) is 9.84 Å². The van der Waals surface area contributed by atoms with E-state index in [1.54, 1.807) is 10.7 Å². The van der Waals surface area contributed by atoms with Crippen molar-refractivity contribution in [2.75, 3.05) is 6.61 Å². The molecule has 2 rings (SSSR count). The molecule has 1 N–H and O–H groups in total. The van der Waals surface area contributed by atoms with E-state index in [0.717, 1.165) is 5.69 Å². The maximum atomic E-state index is 10.3. The number of rotatable bonds is 5. The first-order valence-corrected chi connectivity index (χ1v) is 5.15. The fraction of sp³-hybridized carbons (Fsp3) is 0.167. The van der Waals surface area contributed by atoms with Gasteiger partial charge in [0, 0.05) is 6.20 Å². The minimum absolute atomic E-state index is 0.201. The third kappa shape index (κ3) is 3.15. The fourth-order valence-electron chi connectivity index (χ4n) is 1.41. The monoisotopic (exact) mass is 232 g/mol. The lowest BCUT2D eigenvalue weighted by Gasteiger charge is -2.00. The SMILES string of the molecule is O=C(O)COCc1ccn(-c2ccccc2)n1. The van der Waals surface area contributed by atoms with Crippen LogP contribution in [-0.4, -0.2) is 27.5 Å². The molecule has 0 aliphatic carbocycles. The maximum absolute atomic E-state index is 10.3. The third-order valence-corrected chi connectivity index (χ3v) is 2.14. The fourth-order valence-corrected chi connectivity index (χ4v) is 1.41. The summed E-state index contributed by atoms with van der Waals surface area (Å²) in [6, 6.07) is 11.5. The molecule has 5 heteroatoms. The van der Waals surface area contributed by atoms with Crippen LogP contribution in [0.2, 0.25) is 0 Å². The average molecular weight is 232 g/mol. The van der Waals surface area contributed by atoms with Gasteiger partial charge in [0.05, 0.1) is 18.0 Å². The molecule has 88 valence electrons. The molecule has 1 aromatic carbocycles. The Bertz CT molecular complexity index is 493. The number of hydrogen-bond acceptors (Lipinski definition) is 3. The Kier molecular flexibility index (Phi) is 3.52. The van der Waals surface area contributed by atoms with Crippen molar-refractivity contribution in [3.63, 3.8) is 0 Å². The topological polar surface area (TPSA) is 64.3 Å². The Morgan fingerprint density at radius 1 is 1.29 bits per heavy atom. The van der Waals surface area contributed by atoms with Gasteiger partial charge in [0.1, 0.15) is 6.61 Å². The van der Waals surface area contributed by atoms with Gasteiger partial charge in [-0.25, -0.2) is 9.48 Å². The van der Waals surface area contributed by atoms with Gasteiger partial charge in [0.25, 0.3) is 0 Å². The van der Waals surface area contributed by atoms with Crippen LogP contribution in [-0.2, 0) is 16.1 Å². The van der Waals surface area contributed by atoms with Crippen molar-refractivity contribution in [2.24, 2.45) is 0 Å². The molecule has 0 amide bonds. The van der Waals surface area contributed by atoms with Crippen molar-refractivity contribution in [2.45, 2.75) is 6.61 Å². The second-order valence-corrected chi connectivity index (χ2v) is 3.47. The van der Waals surface area contributed by atoms with E-state index in [1.165, 1.54) is 0 Å². The van der Waals surface area contributed by atoms with Crippen LogP contribution in [0.5, 0.6) is 0 Å². The van der Waals surface area contributed by atoms with Crippen LogP contribution in [0.1, 0.15) is 5.69 Å². The van der Waals surface area contributed by atoms with Gasteiger partial charge in [-0.1, -0.05) is 18.2 Å². The van der Waals surface area contributed by atoms with Gasteiger partial charge in [-0.15, -0.1) is 0 Å². The lowest BCUT2D eigenvalue weighted by Crippen LogP contribution is -2.07. The van der Waals surface area contributed by atoms with Crippen molar-refractivity contribution in [3.8, 4) is 5.69 Å². The highest BCUT2D eigenvalue weighted by Crippen LogP contribution is 2.07. The smallest absolute Gasteiger partial charge is 0.329 e. The third-order valence-electron chi connectivity index (χ3n) is 2.14. The Morgan fingerprint density at radius 3 is 2.76 bits per heavy atom. The van der Waals surface area contributed by atoms with E-state index >= 15 is 0 Å². The van der Waals surface area contributed by atoms with E-state index in [-0.39, 0.29) is 13.2 Å². The van der Waals surface area contributed by atoms with E-state index in [1.807, 2.05) is 36.5 Å². The van der Waals surface area contributed by atoms with E-state index < -0.39 is 5.97 Å². The molecular weight excluding hydrogens is 220 g/mol. The summed E-state index contributed by atoms with van der Waals surface area (Å²) in [7, 11) is 0. The Labute approximate surface area is 98.3 Å². The van der Waals surface area contributed by atoms with Gasteiger partial charge < -0.3 is 9.84 Å². The van der Waals surface area contributed by atoms with Crippen molar-refractivity contribution in [1.82, 2.24) is 9.78 Å². The highest BCUT2D eigenvalue weighted by molar-refractivity contribution is 5.67. The quantitative estimate of drug-likeness (QED) is 0.847. The summed E-state index contributed by atoms with van der Waals surface area (Å²) in [5, 5.41) is 12.7. The minimum Gasteiger partial charge on any atom is -0.480 e. The number of carbonyl (C=O) groups is 1. The number of aromatic nitrogens is 2. The zero-order valence-electron chi connectivity index (χ0n) is 9.11. The summed E-state index contributed by atoms with van der Waals surface area (Å²) >= 11 is 0. The summed E-state index contributed by atoms with van der Waals surface area (Å²) in [5.41, 5.74) is 1.66. The zero-order chi connectivity index (χ0) is 12.1. The molecule has 0 atom stereocenters. The van der Waals surface area contributed by atoms with Crippen molar-refractivity contribution in [3.05, 3.63) is 48.3 Å². The van der Waals surface area contributed by atoms with Crippen LogP contribution in [0.4, 0.5) is 0 Å². The van der Waals surface area contributed by atoms with Gasteiger partial charge in [0.15, 0.2) is 0 Å². The number of nitrogens with zero attached hydrogens (tertiary/aromatic N) is 2. The number of benzene rings is 1. The highest BCUT2D eigenvalue weighted by Gasteiger charge is 2.02. The first-order valence-electron chi connectivity index (χ1n) is 5.15. The molecule has 0 saturated carbocycles. The number of carboxylic acid groups (broad SMARTS) is 1. The number of aliphatic carboxylic acids is 1. The first-order chi connectivity index (χ1) is 8.25. The summed E-state index contributed by atoms with van der Waals surface area (Å²) in [5.74, 6) is -0.979. The van der Waals surface area contributed by atoms with Crippen molar-refractivity contribution >= 4 is 5.97 Å². The molecule has 1 heterocycles. The Hall–Kier alpha value is -2.14. The molecule has 5 nitrogen and oxygen atoms in total. The number of hydrogen-bond donors (Lipinski definition) is 1. The second kappa shape index (κ2) is 5.27. The lowest BCUT2D eigenvalue weighted by molar-refractivity contribution is -0.142. The normalized spacial score (nSPS) is 10.4. The molecule has 0 aliphatic heterocycles. The second-order valence-electron chi connectivity index (χ2n) is 3.47. The summed E-state index contributed by atoms with van der Waals surface area (Å²) < 4.78 is 6.68. The van der Waals surface area contributed by atoms with Crippen LogP contribution in [0.15, 0.2) is 42.6 Å². The minimum atomic E-state index is -0.979. The zero-order valence-corrected chi connectivity index (χ0v) is 9.11.